The monoisotopic (exact) mass is 334 g/mol. The highest BCUT2D eigenvalue weighted by Crippen LogP contribution is 2.60. The van der Waals surface area contributed by atoms with Crippen LogP contribution >= 0.6 is 0 Å². The molecule has 0 aromatic rings. The lowest BCUT2D eigenvalue weighted by Gasteiger charge is -2.51. The quantitative estimate of drug-likeness (QED) is 0.639. The topological polar surface area (TPSA) is 67.0 Å². The summed E-state index contributed by atoms with van der Waals surface area (Å²) in [6.07, 6.45) is 11.3. The van der Waals surface area contributed by atoms with Crippen molar-refractivity contribution in [3.05, 3.63) is 11.6 Å². The number of hydrogen-bond donors (Lipinski definition) is 0. The van der Waals surface area contributed by atoms with Crippen molar-refractivity contribution in [2.75, 3.05) is 13.2 Å². The predicted molar refractivity (Wildman–Crippen MR) is 90.3 cm³/mol. The van der Waals surface area contributed by atoms with Gasteiger partial charge in [-0.05, 0) is 55.8 Å². The minimum Gasteiger partial charge on any atom is -0.412 e. The highest BCUT2D eigenvalue weighted by molar-refractivity contribution is 5.87. The number of carbonyl (C=O) groups is 1. The van der Waals surface area contributed by atoms with Crippen LogP contribution in [-0.2, 0) is 14.3 Å². The second-order valence-corrected chi connectivity index (χ2v) is 8.79. The third-order valence-electron chi connectivity index (χ3n) is 7.88. The number of fused-ring (bicyclic) bond motifs is 5. The molecule has 1 heterocycles. The first-order valence-corrected chi connectivity index (χ1v) is 9.62. The van der Waals surface area contributed by atoms with Gasteiger partial charge in [-0.2, -0.15) is 0 Å². The molecule has 0 bridgehead atoms. The van der Waals surface area contributed by atoms with Gasteiger partial charge in [-0.1, -0.05) is 18.6 Å². The Morgan fingerprint density at radius 3 is 2.67 bits per heavy atom. The molecule has 3 saturated carbocycles. The molecular formula is C20H30O4. The highest BCUT2D eigenvalue weighted by atomic mass is 16.7. The van der Waals surface area contributed by atoms with Gasteiger partial charge in [-0.25, -0.2) is 0 Å². The van der Waals surface area contributed by atoms with Crippen LogP contribution < -0.4 is 0 Å². The first kappa shape index (κ1) is 16.7. The van der Waals surface area contributed by atoms with Gasteiger partial charge in [-0.3, -0.25) is 4.79 Å². The molecule has 4 heteroatoms. The number of ether oxygens (including phenoxy) is 2. The SMILES string of the molecule is CC12CC=C3C4CCC5(CC4CCC3C1CCC2=O)OCCO5.O. The van der Waals surface area contributed by atoms with E-state index in [1.165, 1.54) is 19.3 Å². The van der Waals surface area contributed by atoms with Crippen LogP contribution in [0.4, 0.5) is 0 Å². The molecule has 0 aromatic carbocycles. The van der Waals surface area contributed by atoms with E-state index in [2.05, 4.69) is 13.0 Å². The maximum absolute atomic E-state index is 12.4. The van der Waals surface area contributed by atoms with Crippen molar-refractivity contribution in [1.82, 2.24) is 0 Å². The van der Waals surface area contributed by atoms with Gasteiger partial charge >= 0.3 is 0 Å². The zero-order valence-electron chi connectivity index (χ0n) is 14.7. The van der Waals surface area contributed by atoms with Crippen LogP contribution in [0.2, 0.25) is 0 Å². The Morgan fingerprint density at radius 2 is 1.88 bits per heavy atom. The standard InChI is InChI=1S/C20H28O3.H2O/c1-19-8-6-15-14-7-9-20(22-10-11-23-20)12-13(14)2-3-16(15)17(19)4-5-18(19)21;/h6,13-14,16-17H,2-5,7-12H2,1H3;1H2. The molecule has 134 valence electrons. The molecule has 24 heavy (non-hydrogen) atoms. The van der Waals surface area contributed by atoms with Gasteiger partial charge in [0.25, 0.3) is 0 Å². The fourth-order valence-corrected chi connectivity index (χ4v) is 6.67. The fraction of sp³-hybridized carbons (Fsp3) is 0.850. The van der Waals surface area contributed by atoms with E-state index in [9.17, 15) is 4.79 Å². The molecule has 5 aliphatic rings. The number of rotatable bonds is 0. The van der Waals surface area contributed by atoms with Crippen LogP contribution in [0.1, 0.15) is 58.3 Å². The summed E-state index contributed by atoms with van der Waals surface area (Å²) >= 11 is 0. The molecule has 0 radical (unpaired) electrons. The predicted octanol–water partition coefficient (Wildman–Crippen LogP) is 3.05. The van der Waals surface area contributed by atoms with Gasteiger partial charge in [0.15, 0.2) is 5.79 Å². The molecule has 2 N–H and O–H groups in total. The summed E-state index contributed by atoms with van der Waals surface area (Å²) in [6, 6.07) is 0. The third kappa shape index (κ3) is 2.19. The van der Waals surface area contributed by atoms with Gasteiger partial charge in [0, 0.05) is 24.7 Å². The van der Waals surface area contributed by atoms with Gasteiger partial charge in [-0.15, -0.1) is 0 Å². The lowest BCUT2D eigenvalue weighted by molar-refractivity contribution is -0.196. The smallest absolute Gasteiger partial charge is 0.168 e. The third-order valence-corrected chi connectivity index (χ3v) is 7.88. The summed E-state index contributed by atoms with van der Waals surface area (Å²) in [7, 11) is 0. The molecule has 1 saturated heterocycles. The van der Waals surface area contributed by atoms with Crippen molar-refractivity contribution < 1.29 is 19.7 Å². The van der Waals surface area contributed by atoms with Crippen LogP contribution in [-0.4, -0.2) is 30.3 Å². The summed E-state index contributed by atoms with van der Waals surface area (Å²) in [6.45, 7) is 3.78. The highest BCUT2D eigenvalue weighted by Gasteiger charge is 2.55. The van der Waals surface area contributed by atoms with E-state index in [4.69, 9.17) is 9.47 Å². The van der Waals surface area contributed by atoms with E-state index in [-0.39, 0.29) is 16.7 Å². The van der Waals surface area contributed by atoms with E-state index >= 15 is 0 Å². The lowest BCUT2D eigenvalue weighted by atomic mass is 9.54. The number of ketones is 1. The zero-order chi connectivity index (χ0) is 15.7. The van der Waals surface area contributed by atoms with Crippen molar-refractivity contribution in [2.24, 2.45) is 29.1 Å². The maximum atomic E-state index is 12.4. The maximum Gasteiger partial charge on any atom is 0.168 e. The average Bonchev–Trinajstić information content (AvgIpc) is 3.12. The van der Waals surface area contributed by atoms with Crippen molar-refractivity contribution in [3.63, 3.8) is 0 Å². The number of hydrogen-bond acceptors (Lipinski definition) is 3. The lowest BCUT2D eigenvalue weighted by Crippen LogP contribution is -2.47. The molecule has 4 aliphatic carbocycles. The van der Waals surface area contributed by atoms with E-state index in [0.29, 0.717) is 17.6 Å². The minimum absolute atomic E-state index is 0. The fourth-order valence-electron chi connectivity index (χ4n) is 6.67. The van der Waals surface area contributed by atoms with Crippen molar-refractivity contribution >= 4 is 5.78 Å². The Kier molecular flexibility index (Phi) is 3.94. The Morgan fingerprint density at radius 1 is 1.08 bits per heavy atom. The van der Waals surface area contributed by atoms with Crippen molar-refractivity contribution in [1.29, 1.82) is 0 Å². The van der Waals surface area contributed by atoms with Crippen LogP contribution in [0.25, 0.3) is 0 Å². The van der Waals surface area contributed by atoms with Crippen LogP contribution in [0.5, 0.6) is 0 Å². The average molecular weight is 334 g/mol. The second kappa shape index (κ2) is 5.65. The van der Waals surface area contributed by atoms with Crippen LogP contribution in [0, 0.1) is 29.1 Å². The van der Waals surface area contributed by atoms with Gasteiger partial charge in [0.1, 0.15) is 5.78 Å². The molecule has 0 amide bonds. The minimum atomic E-state index is -0.249. The molecule has 4 nitrogen and oxygen atoms in total. The summed E-state index contributed by atoms with van der Waals surface area (Å²) in [4.78, 5) is 12.4. The molecule has 5 rings (SSSR count). The summed E-state index contributed by atoms with van der Waals surface area (Å²) in [5, 5.41) is 0. The largest absolute Gasteiger partial charge is 0.412 e. The van der Waals surface area contributed by atoms with Crippen LogP contribution in [0.15, 0.2) is 11.6 Å². The number of carbonyl (C=O) groups excluding carboxylic acids is 1. The number of allylic oxidation sites excluding steroid dienone is 2. The normalized spacial score (nSPS) is 45.9. The van der Waals surface area contributed by atoms with Gasteiger partial charge < -0.3 is 14.9 Å². The van der Waals surface area contributed by atoms with Crippen LogP contribution in [0.3, 0.4) is 0 Å². The number of Topliss-reactive ketones (excluding diaryl/α,β-unsaturated/α-hetero) is 1. The van der Waals surface area contributed by atoms with Crippen molar-refractivity contribution in [2.45, 2.75) is 64.1 Å². The Labute approximate surface area is 144 Å². The summed E-state index contributed by atoms with van der Waals surface area (Å²) in [5.74, 6) is 3.03. The molecule has 1 spiro atoms. The molecule has 1 aliphatic heterocycles. The molecule has 0 aromatic heterocycles. The van der Waals surface area contributed by atoms with Gasteiger partial charge in [0.2, 0.25) is 0 Å². The molecule has 5 unspecified atom stereocenters. The first-order chi connectivity index (χ1) is 11.1. The Bertz CT molecular complexity index is 562. The molecule has 5 atom stereocenters. The van der Waals surface area contributed by atoms with E-state index in [1.807, 2.05) is 0 Å². The summed E-state index contributed by atoms with van der Waals surface area (Å²) < 4.78 is 12.0. The van der Waals surface area contributed by atoms with Gasteiger partial charge in [0.05, 0.1) is 13.2 Å². The molecule has 4 fully saturated rings. The van der Waals surface area contributed by atoms with Crippen molar-refractivity contribution in [3.8, 4) is 0 Å². The van der Waals surface area contributed by atoms with E-state index in [1.54, 1.807) is 5.57 Å². The first-order valence-electron chi connectivity index (χ1n) is 9.62. The van der Waals surface area contributed by atoms with E-state index in [0.717, 1.165) is 57.2 Å². The Balaban J connectivity index is 0.00000146. The van der Waals surface area contributed by atoms with E-state index < -0.39 is 0 Å². The molecular weight excluding hydrogens is 304 g/mol. The second-order valence-electron chi connectivity index (χ2n) is 8.79. The zero-order valence-corrected chi connectivity index (χ0v) is 14.7. The Hall–Kier alpha value is -0.710. The summed E-state index contributed by atoms with van der Waals surface area (Å²) in [5.41, 5.74) is 1.67.